The number of urea groups is 1. The Labute approximate surface area is 102 Å². The molecular weight excluding hydrogens is 236 g/mol. The Kier molecular flexibility index (Phi) is 2.87. The molecule has 1 aliphatic heterocycles. The van der Waals surface area contributed by atoms with E-state index in [-0.39, 0.29) is 5.57 Å². The van der Waals surface area contributed by atoms with Gasteiger partial charge in [0.25, 0.3) is 11.8 Å². The summed E-state index contributed by atoms with van der Waals surface area (Å²) in [5, 5.41) is 3.91. The maximum absolute atomic E-state index is 11.4. The Morgan fingerprint density at radius 1 is 1.17 bits per heavy atom. The molecule has 92 valence electrons. The first-order valence-electron chi connectivity index (χ1n) is 5.18. The molecule has 2 rings (SSSR count). The number of aryl methyl sites for hydroxylation is 2. The van der Waals surface area contributed by atoms with Crippen LogP contribution in [0.5, 0.6) is 0 Å². The molecule has 1 aliphatic rings. The van der Waals surface area contributed by atoms with Gasteiger partial charge in [-0.25, -0.2) is 4.79 Å². The molecule has 2 heterocycles. The lowest BCUT2D eigenvalue weighted by atomic mass is 10.2. The lowest BCUT2D eigenvalue weighted by molar-refractivity contribution is -0.124. The zero-order valence-electron chi connectivity index (χ0n) is 9.79. The molecule has 1 aromatic heterocycles. The molecule has 1 aromatic rings. The van der Waals surface area contributed by atoms with Crippen LogP contribution in [-0.2, 0) is 9.59 Å². The Hall–Kier alpha value is -2.59. The van der Waals surface area contributed by atoms with Crippen LogP contribution in [0, 0.1) is 13.8 Å². The van der Waals surface area contributed by atoms with Crippen molar-refractivity contribution in [2.45, 2.75) is 13.8 Å². The average molecular weight is 246 g/mol. The summed E-state index contributed by atoms with van der Waals surface area (Å²) in [4.78, 5) is 33.5. The third-order valence-corrected chi connectivity index (χ3v) is 2.45. The average Bonchev–Trinajstić information content (AvgIpc) is 2.56. The van der Waals surface area contributed by atoms with Crippen molar-refractivity contribution >= 4 is 23.9 Å². The second-order valence-electron chi connectivity index (χ2n) is 3.79. The lowest BCUT2D eigenvalue weighted by Gasteiger charge is -2.11. The molecule has 6 nitrogen and oxygen atoms in total. The van der Waals surface area contributed by atoms with E-state index in [0.717, 1.165) is 11.3 Å². The fourth-order valence-electron chi connectivity index (χ4n) is 1.41. The Bertz CT molecular complexity index is 577. The summed E-state index contributed by atoms with van der Waals surface area (Å²) < 4.78 is 5.34. The van der Waals surface area contributed by atoms with Crippen LogP contribution in [0.4, 0.5) is 4.79 Å². The minimum Gasteiger partial charge on any atom is -0.461 e. The van der Waals surface area contributed by atoms with E-state index in [1.54, 1.807) is 13.0 Å². The highest BCUT2D eigenvalue weighted by molar-refractivity contribution is 6.28. The largest absolute Gasteiger partial charge is 0.461 e. The van der Waals surface area contributed by atoms with Crippen molar-refractivity contribution < 1.29 is 18.8 Å². The number of imide groups is 2. The van der Waals surface area contributed by atoms with E-state index < -0.39 is 17.8 Å². The van der Waals surface area contributed by atoms with E-state index in [1.165, 1.54) is 6.08 Å². The maximum atomic E-state index is 11.4. The molecule has 0 saturated carbocycles. The third-order valence-electron chi connectivity index (χ3n) is 2.45. The van der Waals surface area contributed by atoms with Crippen LogP contribution >= 0.6 is 0 Å². The van der Waals surface area contributed by atoms with Gasteiger partial charge in [0.2, 0.25) is 0 Å². The molecule has 0 aromatic carbocycles. The molecule has 0 aliphatic carbocycles. The number of nitrogens with one attached hydrogen (secondary N) is 2. The van der Waals surface area contributed by atoms with E-state index in [0.29, 0.717) is 5.76 Å². The zero-order valence-corrected chi connectivity index (χ0v) is 9.79. The smallest absolute Gasteiger partial charge is 0.328 e. The predicted molar refractivity (Wildman–Crippen MR) is 61.4 cm³/mol. The number of rotatable bonds is 1. The van der Waals surface area contributed by atoms with Gasteiger partial charge in [0.05, 0.1) is 0 Å². The summed E-state index contributed by atoms with van der Waals surface area (Å²) in [5.41, 5.74) is 3.22. The van der Waals surface area contributed by atoms with Crippen molar-refractivity contribution in [3.63, 3.8) is 0 Å². The number of carbonyl (C=O) groups is 3. The topological polar surface area (TPSA) is 88.4 Å². The van der Waals surface area contributed by atoms with Crippen LogP contribution < -0.4 is 10.6 Å². The molecule has 1 fully saturated rings. The summed E-state index contributed by atoms with van der Waals surface area (Å²) in [5.74, 6) is -0.323. The van der Waals surface area contributed by atoms with Crippen LogP contribution in [-0.4, -0.2) is 17.8 Å². The van der Waals surface area contributed by atoms with E-state index in [2.05, 4.69) is 5.73 Å². The van der Waals surface area contributed by atoms with Crippen LogP contribution in [0.25, 0.3) is 6.08 Å². The first-order valence-corrected chi connectivity index (χ1v) is 5.18. The summed E-state index contributed by atoms with van der Waals surface area (Å²) >= 11 is 0. The molecule has 0 atom stereocenters. The first kappa shape index (κ1) is 11.9. The van der Waals surface area contributed by atoms with Gasteiger partial charge in [0, 0.05) is 6.08 Å². The molecule has 0 bridgehead atoms. The van der Waals surface area contributed by atoms with Gasteiger partial charge in [0.15, 0.2) is 0 Å². The number of furan rings is 1. The van der Waals surface area contributed by atoms with E-state index in [4.69, 9.17) is 4.42 Å². The molecule has 6 heteroatoms. The van der Waals surface area contributed by atoms with Gasteiger partial charge < -0.3 is 4.42 Å². The molecule has 4 amide bonds. The highest BCUT2D eigenvalue weighted by atomic mass is 16.3. The molecular formula is C12H10N2O4. The first-order chi connectivity index (χ1) is 8.47. The minimum atomic E-state index is -0.833. The minimum absolute atomic E-state index is 0.263. The maximum Gasteiger partial charge on any atom is 0.328 e. The van der Waals surface area contributed by atoms with Crippen LogP contribution in [0.3, 0.4) is 0 Å². The van der Waals surface area contributed by atoms with Crippen LogP contribution in [0.15, 0.2) is 21.8 Å². The third kappa shape index (κ3) is 2.23. The van der Waals surface area contributed by atoms with E-state index in [1.807, 2.05) is 17.6 Å². The Morgan fingerprint density at radius 2 is 1.78 bits per heavy atom. The highest BCUT2D eigenvalue weighted by Gasteiger charge is 2.27. The summed E-state index contributed by atoms with van der Waals surface area (Å²) in [7, 11) is 0. The monoisotopic (exact) mass is 246 g/mol. The van der Waals surface area contributed by atoms with Crippen molar-refractivity contribution in [2.75, 3.05) is 0 Å². The van der Waals surface area contributed by atoms with Gasteiger partial charge in [-0.3, -0.25) is 20.2 Å². The molecule has 0 radical (unpaired) electrons. The number of hydrogen-bond acceptors (Lipinski definition) is 4. The lowest BCUT2D eigenvalue weighted by Crippen LogP contribution is -2.51. The summed E-state index contributed by atoms with van der Waals surface area (Å²) in [6.45, 7) is 3.68. The van der Waals surface area contributed by atoms with Gasteiger partial charge in [-0.2, -0.15) is 0 Å². The second-order valence-corrected chi connectivity index (χ2v) is 3.79. The number of carbonyl (C=O) groups excluding carboxylic acids is 3. The fourth-order valence-corrected chi connectivity index (χ4v) is 1.41. The standard InChI is InChI=1S/C12H10N2O4/c1-6-5-8(18-7(6)2)3-4-9-10(15)13-12(17)14-11(9)16/h3,5H,1-2H3,(H2,13,14,15,16,17). The predicted octanol–water partition coefficient (Wildman–Crippen LogP) is 0.801. The Morgan fingerprint density at radius 3 is 2.28 bits per heavy atom. The normalized spacial score (nSPS) is 15.0. The summed E-state index contributed by atoms with van der Waals surface area (Å²) in [6, 6.07) is 0.924. The molecule has 2 N–H and O–H groups in total. The summed E-state index contributed by atoms with van der Waals surface area (Å²) in [6.07, 6.45) is 1.38. The number of amides is 4. The van der Waals surface area contributed by atoms with Gasteiger partial charge in [-0.05, 0) is 25.5 Å². The molecule has 18 heavy (non-hydrogen) atoms. The van der Waals surface area contributed by atoms with Crippen molar-refractivity contribution in [3.05, 3.63) is 34.5 Å². The number of hydrogen-bond donors (Lipinski definition) is 2. The van der Waals surface area contributed by atoms with Crippen LogP contribution in [0.2, 0.25) is 0 Å². The van der Waals surface area contributed by atoms with Crippen molar-refractivity contribution in [2.24, 2.45) is 0 Å². The van der Waals surface area contributed by atoms with Gasteiger partial charge >= 0.3 is 6.03 Å². The fraction of sp³-hybridized carbons (Fsp3) is 0.167. The van der Waals surface area contributed by atoms with Crippen LogP contribution in [0.1, 0.15) is 17.1 Å². The SMILES string of the molecule is Cc1cc(C=C=C2C(=O)NC(=O)NC2=O)oc1C. The quantitative estimate of drug-likeness (QED) is 0.436. The van der Waals surface area contributed by atoms with E-state index in [9.17, 15) is 14.4 Å². The van der Waals surface area contributed by atoms with Gasteiger partial charge in [0.1, 0.15) is 17.1 Å². The zero-order chi connectivity index (χ0) is 13.3. The van der Waals surface area contributed by atoms with Crippen molar-refractivity contribution in [1.82, 2.24) is 10.6 Å². The molecule has 0 spiro atoms. The molecule has 0 unspecified atom stereocenters. The Balaban J connectivity index is 2.35. The van der Waals surface area contributed by atoms with Crippen molar-refractivity contribution in [3.8, 4) is 0 Å². The second kappa shape index (κ2) is 4.35. The molecule has 1 saturated heterocycles. The van der Waals surface area contributed by atoms with Gasteiger partial charge in [-0.15, -0.1) is 0 Å². The number of barbiturate groups is 1. The van der Waals surface area contributed by atoms with E-state index >= 15 is 0 Å². The van der Waals surface area contributed by atoms with Gasteiger partial charge in [-0.1, -0.05) is 5.73 Å². The van der Waals surface area contributed by atoms with Crippen molar-refractivity contribution in [1.29, 1.82) is 0 Å². The highest BCUT2D eigenvalue weighted by Crippen LogP contribution is 2.14.